The van der Waals surface area contributed by atoms with Gasteiger partial charge in [-0.25, -0.2) is 0 Å². The number of carbonyl (C=O) groups excluding carboxylic acids is 2. The van der Waals surface area contributed by atoms with Gasteiger partial charge in [0, 0.05) is 24.0 Å². The van der Waals surface area contributed by atoms with Crippen LogP contribution in [0.4, 0.5) is 0 Å². The molecule has 0 aromatic heterocycles. The first kappa shape index (κ1) is 35.1. The summed E-state index contributed by atoms with van der Waals surface area (Å²) >= 11 is 0. The van der Waals surface area contributed by atoms with Crippen LogP contribution in [0.5, 0.6) is 0 Å². The number of piperidine rings is 1. The van der Waals surface area contributed by atoms with E-state index in [-0.39, 0.29) is 11.4 Å². The summed E-state index contributed by atoms with van der Waals surface area (Å²) in [6.07, 6.45) is 23.1. The fourth-order valence-corrected chi connectivity index (χ4v) is 7.96. The van der Waals surface area contributed by atoms with Gasteiger partial charge in [-0.1, -0.05) is 117 Å². The standard InChI is InChI=1S/C34H65N3O3/c1-8-11-12-13-14-15-16-17-18-19-20-21-22-23-24-25-26-37-30(39)34(40-33(37,9-2)10-3)27-31(4,5)36-32(6,7)28(34)29(35)38/h28,36H,8-27H2,1-7H3,(H2,35,38). The van der Waals surface area contributed by atoms with E-state index in [1.807, 2.05) is 18.7 Å². The third-order valence-corrected chi connectivity index (χ3v) is 9.65. The number of nitrogens with zero attached hydrogens (tertiary/aromatic N) is 1. The highest BCUT2D eigenvalue weighted by Gasteiger charge is 2.69. The van der Waals surface area contributed by atoms with Crippen LogP contribution in [0, 0.1) is 5.92 Å². The molecule has 2 heterocycles. The van der Waals surface area contributed by atoms with Crippen molar-refractivity contribution in [2.45, 2.75) is 193 Å². The van der Waals surface area contributed by atoms with Crippen LogP contribution in [-0.2, 0) is 14.3 Å². The van der Waals surface area contributed by atoms with E-state index in [1.165, 1.54) is 89.9 Å². The van der Waals surface area contributed by atoms with Crippen molar-refractivity contribution in [1.82, 2.24) is 10.2 Å². The molecule has 0 saturated carbocycles. The number of hydrogen-bond donors (Lipinski definition) is 2. The van der Waals surface area contributed by atoms with Gasteiger partial charge in [-0.05, 0) is 47.0 Å². The summed E-state index contributed by atoms with van der Waals surface area (Å²) in [5.74, 6) is -1.23. The Kier molecular flexibility index (Phi) is 13.9. The second-order valence-electron chi connectivity index (χ2n) is 14.1. The van der Waals surface area contributed by atoms with Crippen molar-refractivity contribution in [3.05, 3.63) is 0 Å². The second-order valence-corrected chi connectivity index (χ2v) is 14.1. The molecule has 2 amide bonds. The van der Waals surface area contributed by atoms with Crippen LogP contribution in [0.1, 0.15) is 170 Å². The van der Waals surface area contributed by atoms with E-state index < -0.39 is 28.7 Å². The minimum atomic E-state index is -1.22. The fraction of sp³-hybridized carbons (Fsp3) is 0.941. The Morgan fingerprint density at radius 3 is 1.62 bits per heavy atom. The number of nitrogens with two attached hydrogens (primary N) is 1. The summed E-state index contributed by atoms with van der Waals surface area (Å²) in [6.45, 7) is 15.3. The zero-order chi connectivity index (χ0) is 29.9. The van der Waals surface area contributed by atoms with Gasteiger partial charge < -0.3 is 20.7 Å². The summed E-state index contributed by atoms with van der Waals surface area (Å²) in [4.78, 5) is 29.1. The van der Waals surface area contributed by atoms with Crippen LogP contribution in [0.15, 0.2) is 0 Å². The van der Waals surface area contributed by atoms with Crippen molar-refractivity contribution in [2.75, 3.05) is 6.54 Å². The smallest absolute Gasteiger partial charge is 0.258 e. The Hall–Kier alpha value is -1.14. The molecule has 40 heavy (non-hydrogen) atoms. The second kappa shape index (κ2) is 15.9. The van der Waals surface area contributed by atoms with Crippen LogP contribution in [0.25, 0.3) is 0 Å². The molecule has 2 fully saturated rings. The zero-order valence-electron chi connectivity index (χ0n) is 27.5. The summed E-state index contributed by atoms with van der Waals surface area (Å²) in [5.41, 5.74) is 3.07. The SMILES string of the molecule is CCCCCCCCCCCCCCCCCCN1C(=O)C2(CC(C)(C)NC(C)(C)C2C(N)=O)OC1(CC)CC. The highest BCUT2D eigenvalue weighted by atomic mass is 16.6. The number of primary amides is 1. The quantitative estimate of drug-likeness (QED) is 0.147. The number of amides is 2. The van der Waals surface area contributed by atoms with Crippen LogP contribution in [-0.4, -0.2) is 45.7 Å². The van der Waals surface area contributed by atoms with E-state index in [0.29, 0.717) is 25.8 Å². The summed E-state index contributed by atoms with van der Waals surface area (Å²) in [5, 5.41) is 3.56. The third kappa shape index (κ3) is 8.93. The van der Waals surface area contributed by atoms with E-state index >= 15 is 0 Å². The minimum Gasteiger partial charge on any atom is -0.369 e. The van der Waals surface area contributed by atoms with Gasteiger partial charge in [0.05, 0.1) is 5.92 Å². The van der Waals surface area contributed by atoms with E-state index in [2.05, 4.69) is 39.9 Å². The maximum Gasteiger partial charge on any atom is 0.258 e. The lowest BCUT2D eigenvalue weighted by atomic mass is 9.64. The molecule has 0 radical (unpaired) electrons. The minimum absolute atomic E-state index is 0.0383. The van der Waals surface area contributed by atoms with Gasteiger partial charge >= 0.3 is 0 Å². The Balaban J connectivity index is 1.79. The molecule has 3 N–H and O–H groups in total. The van der Waals surface area contributed by atoms with E-state index in [1.54, 1.807) is 0 Å². The Labute approximate surface area is 247 Å². The lowest BCUT2D eigenvalue weighted by Gasteiger charge is -2.54. The van der Waals surface area contributed by atoms with Gasteiger partial charge in [-0.15, -0.1) is 0 Å². The van der Waals surface area contributed by atoms with E-state index in [4.69, 9.17) is 10.5 Å². The fourth-order valence-electron chi connectivity index (χ4n) is 7.96. The molecule has 0 bridgehead atoms. The third-order valence-electron chi connectivity index (χ3n) is 9.65. The van der Waals surface area contributed by atoms with Crippen molar-refractivity contribution in [1.29, 1.82) is 0 Å². The van der Waals surface area contributed by atoms with Gasteiger partial charge in [0.25, 0.3) is 5.91 Å². The lowest BCUT2D eigenvalue weighted by molar-refractivity contribution is -0.197. The first-order valence-corrected chi connectivity index (χ1v) is 17.0. The number of carbonyl (C=O) groups is 2. The van der Waals surface area contributed by atoms with Crippen LogP contribution in [0.2, 0.25) is 0 Å². The topological polar surface area (TPSA) is 84.7 Å². The number of nitrogens with one attached hydrogen (secondary N) is 1. The summed E-state index contributed by atoms with van der Waals surface area (Å²) in [7, 11) is 0. The molecule has 234 valence electrons. The van der Waals surface area contributed by atoms with Crippen molar-refractivity contribution in [2.24, 2.45) is 11.7 Å². The number of ether oxygens (including phenoxy) is 1. The van der Waals surface area contributed by atoms with Gasteiger partial charge in [0.15, 0.2) is 5.60 Å². The zero-order valence-corrected chi connectivity index (χ0v) is 27.5. The van der Waals surface area contributed by atoms with Crippen molar-refractivity contribution < 1.29 is 14.3 Å². The summed E-state index contributed by atoms with van der Waals surface area (Å²) in [6, 6.07) is 0. The van der Waals surface area contributed by atoms with Crippen molar-refractivity contribution in [3.8, 4) is 0 Å². The lowest BCUT2D eigenvalue weighted by Crippen LogP contribution is -2.74. The molecule has 0 aromatic carbocycles. The van der Waals surface area contributed by atoms with E-state index in [0.717, 1.165) is 12.8 Å². The van der Waals surface area contributed by atoms with Crippen LogP contribution in [0.3, 0.4) is 0 Å². The van der Waals surface area contributed by atoms with Gasteiger partial charge in [0.1, 0.15) is 5.72 Å². The van der Waals surface area contributed by atoms with Crippen molar-refractivity contribution >= 4 is 11.8 Å². The average molecular weight is 564 g/mol. The average Bonchev–Trinajstić information content (AvgIpc) is 3.09. The van der Waals surface area contributed by atoms with Gasteiger partial charge in [-0.2, -0.15) is 0 Å². The van der Waals surface area contributed by atoms with Gasteiger partial charge in [-0.3, -0.25) is 9.59 Å². The molecule has 2 saturated heterocycles. The molecule has 2 rings (SSSR count). The normalized spacial score (nSPS) is 25.1. The molecule has 1 spiro atoms. The predicted molar refractivity (Wildman–Crippen MR) is 167 cm³/mol. The molecule has 6 heteroatoms. The molecule has 2 aliphatic rings. The highest BCUT2D eigenvalue weighted by molar-refractivity contribution is 5.95. The maximum atomic E-state index is 14.3. The maximum absolute atomic E-state index is 14.3. The molecule has 2 unspecified atom stereocenters. The number of unbranched alkanes of at least 4 members (excludes halogenated alkanes) is 15. The van der Waals surface area contributed by atoms with Gasteiger partial charge in [0.2, 0.25) is 5.91 Å². The highest BCUT2D eigenvalue weighted by Crippen LogP contribution is 2.52. The summed E-state index contributed by atoms with van der Waals surface area (Å²) < 4.78 is 6.86. The molecule has 2 aliphatic heterocycles. The first-order chi connectivity index (χ1) is 18.9. The molecule has 0 aliphatic carbocycles. The first-order valence-electron chi connectivity index (χ1n) is 17.0. The Morgan fingerprint density at radius 2 is 1.23 bits per heavy atom. The molecule has 0 aromatic rings. The number of hydrogen-bond acceptors (Lipinski definition) is 4. The molecular formula is C34H65N3O3. The molecular weight excluding hydrogens is 498 g/mol. The monoisotopic (exact) mass is 564 g/mol. The van der Waals surface area contributed by atoms with Crippen molar-refractivity contribution in [3.63, 3.8) is 0 Å². The largest absolute Gasteiger partial charge is 0.369 e. The molecule has 6 nitrogen and oxygen atoms in total. The molecule has 2 atom stereocenters. The predicted octanol–water partition coefficient (Wildman–Crippen LogP) is 8.01. The number of rotatable bonds is 20. The van der Waals surface area contributed by atoms with Crippen LogP contribution >= 0.6 is 0 Å². The Bertz CT molecular complexity index is 776. The van der Waals surface area contributed by atoms with E-state index in [9.17, 15) is 9.59 Å². The van der Waals surface area contributed by atoms with Crippen LogP contribution < -0.4 is 11.1 Å². The Morgan fingerprint density at radius 1 is 0.800 bits per heavy atom.